The SMILES string of the molecule is Cc1ccc(NC(=O)CSc2nc3c([nH]c4ccccc43)c(=O)n2-c2cccc(Cl)c2)c(C)c1. The van der Waals surface area contributed by atoms with Gasteiger partial charge in [-0.05, 0) is 49.7 Å². The molecular weight excluding hydrogens is 468 g/mol. The number of thioether (sulfide) groups is 1. The van der Waals surface area contributed by atoms with Gasteiger partial charge in [0.25, 0.3) is 5.56 Å². The molecule has 2 N–H and O–H groups in total. The number of H-pyrrole nitrogens is 1. The van der Waals surface area contributed by atoms with E-state index in [-0.39, 0.29) is 17.2 Å². The topological polar surface area (TPSA) is 79.8 Å². The molecule has 170 valence electrons. The van der Waals surface area contributed by atoms with Gasteiger partial charge in [-0.25, -0.2) is 4.98 Å². The molecule has 5 rings (SSSR count). The van der Waals surface area contributed by atoms with Crippen LogP contribution >= 0.6 is 23.4 Å². The Labute approximate surface area is 205 Å². The summed E-state index contributed by atoms with van der Waals surface area (Å²) in [6.45, 7) is 3.97. The fourth-order valence-corrected chi connectivity index (χ4v) is 4.94. The summed E-state index contributed by atoms with van der Waals surface area (Å²) in [7, 11) is 0. The second-order valence-electron chi connectivity index (χ2n) is 8.06. The van der Waals surface area contributed by atoms with Gasteiger partial charge in [-0.3, -0.25) is 14.2 Å². The number of fused-ring (bicyclic) bond motifs is 3. The first-order chi connectivity index (χ1) is 16.4. The van der Waals surface area contributed by atoms with Crippen LogP contribution in [0.15, 0.2) is 76.7 Å². The molecule has 0 aliphatic rings. The maximum absolute atomic E-state index is 13.6. The summed E-state index contributed by atoms with van der Waals surface area (Å²) in [5, 5.41) is 4.73. The predicted octanol–water partition coefficient (Wildman–Crippen LogP) is 5.87. The van der Waals surface area contributed by atoms with Gasteiger partial charge in [0.2, 0.25) is 5.91 Å². The summed E-state index contributed by atoms with van der Waals surface area (Å²) in [5.41, 5.74) is 5.04. The number of aromatic nitrogens is 3. The highest BCUT2D eigenvalue weighted by molar-refractivity contribution is 7.99. The van der Waals surface area contributed by atoms with Gasteiger partial charge in [0.15, 0.2) is 5.16 Å². The molecular formula is C26H21ClN4O2S. The number of carbonyl (C=O) groups is 1. The number of rotatable bonds is 5. The van der Waals surface area contributed by atoms with E-state index in [1.54, 1.807) is 24.3 Å². The molecule has 0 fully saturated rings. The van der Waals surface area contributed by atoms with Crippen molar-refractivity contribution in [1.29, 1.82) is 0 Å². The Bertz CT molecular complexity index is 1620. The van der Waals surface area contributed by atoms with Crippen LogP contribution in [0.25, 0.3) is 27.6 Å². The van der Waals surface area contributed by atoms with Crippen molar-refractivity contribution in [3.05, 3.63) is 93.2 Å². The van der Waals surface area contributed by atoms with Crippen LogP contribution in [0.4, 0.5) is 5.69 Å². The molecule has 0 radical (unpaired) electrons. The van der Waals surface area contributed by atoms with E-state index in [1.807, 2.05) is 56.3 Å². The third-order valence-electron chi connectivity index (χ3n) is 5.55. The number of anilines is 1. The number of halogens is 1. The molecule has 1 amide bonds. The minimum Gasteiger partial charge on any atom is -0.349 e. The van der Waals surface area contributed by atoms with Gasteiger partial charge in [0.1, 0.15) is 11.0 Å². The first-order valence-corrected chi connectivity index (χ1v) is 12.1. The minimum absolute atomic E-state index is 0.0915. The largest absolute Gasteiger partial charge is 0.349 e. The van der Waals surface area contributed by atoms with E-state index in [9.17, 15) is 9.59 Å². The summed E-state index contributed by atoms with van der Waals surface area (Å²) in [5.74, 6) is -0.0864. The maximum atomic E-state index is 13.6. The van der Waals surface area contributed by atoms with Crippen LogP contribution in [-0.4, -0.2) is 26.2 Å². The Kier molecular flexibility index (Phi) is 5.89. The summed E-state index contributed by atoms with van der Waals surface area (Å²) in [4.78, 5) is 34.3. The van der Waals surface area contributed by atoms with Crippen molar-refractivity contribution in [3.63, 3.8) is 0 Å². The highest BCUT2D eigenvalue weighted by Crippen LogP contribution is 2.27. The fourth-order valence-electron chi connectivity index (χ4n) is 3.95. The Morgan fingerprint density at radius 2 is 1.91 bits per heavy atom. The number of nitrogens with one attached hydrogen (secondary N) is 2. The van der Waals surface area contributed by atoms with E-state index in [4.69, 9.17) is 16.6 Å². The number of carbonyl (C=O) groups excluding carboxylic acids is 1. The number of hydrogen-bond donors (Lipinski definition) is 2. The smallest absolute Gasteiger partial charge is 0.283 e. The number of nitrogens with zero attached hydrogens (tertiary/aromatic N) is 2. The lowest BCUT2D eigenvalue weighted by Gasteiger charge is -2.13. The fraction of sp³-hybridized carbons (Fsp3) is 0.115. The number of aryl methyl sites for hydroxylation is 2. The van der Waals surface area contributed by atoms with Crippen molar-refractivity contribution < 1.29 is 4.79 Å². The molecule has 5 aromatic rings. The van der Waals surface area contributed by atoms with Crippen molar-refractivity contribution in [3.8, 4) is 5.69 Å². The molecule has 0 spiro atoms. The molecule has 2 aromatic heterocycles. The molecule has 2 heterocycles. The molecule has 34 heavy (non-hydrogen) atoms. The zero-order valence-corrected chi connectivity index (χ0v) is 20.1. The Balaban J connectivity index is 1.55. The average molecular weight is 489 g/mol. The molecule has 0 saturated heterocycles. The van der Waals surface area contributed by atoms with Crippen molar-refractivity contribution in [2.24, 2.45) is 0 Å². The Morgan fingerprint density at radius 1 is 1.09 bits per heavy atom. The van der Waals surface area contributed by atoms with E-state index in [2.05, 4.69) is 10.3 Å². The number of aromatic amines is 1. The van der Waals surface area contributed by atoms with Crippen LogP contribution in [0.2, 0.25) is 5.02 Å². The van der Waals surface area contributed by atoms with Gasteiger partial charge in [-0.2, -0.15) is 0 Å². The van der Waals surface area contributed by atoms with Gasteiger partial charge in [-0.1, -0.05) is 65.3 Å². The number of para-hydroxylation sites is 1. The van der Waals surface area contributed by atoms with E-state index in [0.717, 1.165) is 27.7 Å². The highest BCUT2D eigenvalue weighted by Gasteiger charge is 2.18. The van der Waals surface area contributed by atoms with Crippen LogP contribution in [0.1, 0.15) is 11.1 Å². The average Bonchev–Trinajstić information content (AvgIpc) is 3.19. The quantitative estimate of drug-likeness (QED) is 0.239. The van der Waals surface area contributed by atoms with Crippen LogP contribution in [0, 0.1) is 13.8 Å². The van der Waals surface area contributed by atoms with Crippen molar-refractivity contribution in [1.82, 2.24) is 14.5 Å². The standard InChI is InChI=1S/C26H21ClN4O2S/c1-15-10-11-20(16(2)12-15)28-22(32)14-34-26-30-23-19-8-3-4-9-21(19)29-24(23)25(33)31(26)18-7-5-6-17(27)13-18/h3-13,29H,14H2,1-2H3,(H,28,32). The summed E-state index contributed by atoms with van der Waals surface area (Å²) in [6.07, 6.45) is 0. The molecule has 0 atom stereocenters. The zero-order valence-electron chi connectivity index (χ0n) is 18.6. The van der Waals surface area contributed by atoms with Crippen LogP contribution in [0.3, 0.4) is 0 Å². The molecule has 0 saturated carbocycles. The monoisotopic (exact) mass is 488 g/mol. The number of amides is 1. The van der Waals surface area contributed by atoms with Crippen molar-refractivity contribution >= 4 is 56.9 Å². The third-order valence-corrected chi connectivity index (χ3v) is 6.72. The molecule has 0 aliphatic heterocycles. The first-order valence-electron chi connectivity index (χ1n) is 10.7. The predicted molar refractivity (Wildman–Crippen MR) is 139 cm³/mol. The summed E-state index contributed by atoms with van der Waals surface area (Å²) < 4.78 is 1.50. The Hall–Kier alpha value is -3.55. The van der Waals surface area contributed by atoms with Crippen molar-refractivity contribution in [2.75, 3.05) is 11.1 Å². The Morgan fingerprint density at radius 3 is 2.71 bits per heavy atom. The van der Waals surface area contributed by atoms with Crippen LogP contribution in [-0.2, 0) is 4.79 Å². The zero-order chi connectivity index (χ0) is 23.8. The molecule has 0 aliphatic carbocycles. The highest BCUT2D eigenvalue weighted by atomic mass is 35.5. The minimum atomic E-state index is -0.249. The first kappa shape index (κ1) is 22.3. The van der Waals surface area contributed by atoms with Gasteiger partial charge in [0, 0.05) is 21.6 Å². The van der Waals surface area contributed by atoms with Crippen molar-refractivity contribution in [2.45, 2.75) is 19.0 Å². The maximum Gasteiger partial charge on any atom is 0.283 e. The summed E-state index contributed by atoms with van der Waals surface area (Å²) in [6, 6.07) is 20.5. The van der Waals surface area contributed by atoms with Gasteiger partial charge in [-0.15, -0.1) is 0 Å². The van der Waals surface area contributed by atoms with Crippen LogP contribution in [0.5, 0.6) is 0 Å². The third kappa shape index (κ3) is 4.20. The second-order valence-corrected chi connectivity index (χ2v) is 9.44. The molecule has 0 bridgehead atoms. The molecule has 6 nitrogen and oxygen atoms in total. The van der Waals surface area contributed by atoms with Gasteiger partial charge in [0.05, 0.1) is 11.4 Å². The van der Waals surface area contributed by atoms with E-state index < -0.39 is 0 Å². The van der Waals surface area contributed by atoms with Gasteiger partial charge >= 0.3 is 0 Å². The molecule has 3 aromatic carbocycles. The summed E-state index contributed by atoms with van der Waals surface area (Å²) >= 11 is 7.42. The van der Waals surface area contributed by atoms with Crippen LogP contribution < -0.4 is 10.9 Å². The van der Waals surface area contributed by atoms with E-state index >= 15 is 0 Å². The number of hydrogen-bond acceptors (Lipinski definition) is 4. The normalized spacial score (nSPS) is 11.3. The van der Waals surface area contributed by atoms with Gasteiger partial charge < -0.3 is 10.3 Å². The lowest BCUT2D eigenvalue weighted by atomic mass is 10.1. The molecule has 8 heteroatoms. The second kappa shape index (κ2) is 9.00. The number of benzene rings is 3. The lowest BCUT2D eigenvalue weighted by Crippen LogP contribution is -2.23. The van der Waals surface area contributed by atoms with E-state index in [1.165, 1.54) is 16.3 Å². The van der Waals surface area contributed by atoms with E-state index in [0.29, 0.717) is 26.9 Å². The lowest BCUT2D eigenvalue weighted by molar-refractivity contribution is -0.113. The molecule has 0 unspecified atom stereocenters.